The number of hydrogen-bond donors (Lipinski definition) is 0. The summed E-state index contributed by atoms with van der Waals surface area (Å²) in [4.78, 5) is 0. The third kappa shape index (κ3) is 2.91. The Morgan fingerprint density at radius 3 is 2.71 bits per heavy atom. The minimum Gasteiger partial charge on any atom is -0.494 e. The van der Waals surface area contributed by atoms with Gasteiger partial charge < -0.3 is 9.30 Å². The van der Waals surface area contributed by atoms with Crippen LogP contribution in [-0.2, 0) is 6.54 Å². The van der Waals surface area contributed by atoms with Gasteiger partial charge in [-0.15, -0.1) is 0 Å². The van der Waals surface area contributed by atoms with Crippen molar-refractivity contribution in [1.29, 1.82) is 0 Å². The summed E-state index contributed by atoms with van der Waals surface area (Å²) >= 11 is 6.33. The lowest BCUT2D eigenvalue weighted by molar-refractivity contribution is 0.340. The zero-order valence-corrected chi connectivity index (χ0v) is 13.0. The Labute approximate surface area is 129 Å². The third-order valence-electron chi connectivity index (χ3n) is 3.60. The Balaban J connectivity index is 1.94. The van der Waals surface area contributed by atoms with E-state index < -0.39 is 0 Å². The number of aryl methyl sites for hydroxylation is 1. The van der Waals surface area contributed by atoms with Crippen molar-refractivity contribution in [2.45, 2.75) is 20.4 Å². The maximum Gasteiger partial charge on any atom is 0.120 e. The molecule has 3 heteroatoms. The first-order valence-corrected chi connectivity index (χ1v) is 7.52. The number of benzene rings is 2. The van der Waals surface area contributed by atoms with Crippen LogP contribution in [0.25, 0.3) is 10.9 Å². The second-order valence-corrected chi connectivity index (χ2v) is 5.60. The molecule has 0 spiro atoms. The fraction of sp³-hybridized carbons (Fsp3) is 0.222. The van der Waals surface area contributed by atoms with Gasteiger partial charge in [-0.05, 0) is 55.3 Å². The maximum atomic E-state index is 6.33. The number of halogens is 1. The van der Waals surface area contributed by atoms with Gasteiger partial charge in [0, 0.05) is 28.7 Å². The van der Waals surface area contributed by atoms with E-state index in [0.717, 1.165) is 22.9 Å². The molecule has 0 fully saturated rings. The molecule has 21 heavy (non-hydrogen) atoms. The van der Waals surface area contributed by atoms with Crippen LogP contribution in [0.4, 0.5) is 0 Å². The van der Waals surface area contributed by atoms with Gasteiger partial charge >= 0.3 is 0 Å². The first-order valence-electron chi connectivity index (χ1n) is 7.14. The lowest BCUT2D eigenvalue weighted by atomic mass is 10.1. The number of fused-ring (bicyclic) bond motifs is 1. The molecular formula is C18H18ClNO. The van der Waals surface area contributed by atoms with Crippen molar-refractivity contribution in [1.82, 2.24) is 4.57 Å². The SMILES string of the molecule is CCOc1ccc2c(ccn2Cc2ccc(C)cc2Cl)c1. The molecule has 2 aromatic carbocycles. The van der Waals surface area contributed by atoms with Crippen molar-refractivity contribution < 1.29 is 4.74 Å². The fourth-order valence-corrected chi connectivity index (χ4v) is 2.83. The molecule has 0 radical (unpaired) electrons. The summed E-state index contributed by atoms with van der Waals surface area (Å²) in [6.07, 6.45) is 2.09. The van der Waals surface area contributed by atoms with Crippen molar-refractivity contribution in [3.63, 3.8) is 0 Å². The van der Waals surface area contributed by atoms with Crippen LogP contribution in [0.15, 0.2) is 48.7 Å². The zero-order valence-electron chi connectivity index (χ0n) is 12.3. The molecule has 0 saturated carbocycles. The molecule has 1 heterocycles. The molecule has 0 N–H and O–H groups in total. The quantitative estimate of drug-likeness (QED) is 0.657. The van der Waals surface area contributed by atoms with E-state index in [0.29, 0.717) is 6.61 Å². The van der Waals surface area contributed by atoms with Crippen LogP contribution in [0.3, 0.4) is 0 Å². The van der Waals surface area contributed by atoms with E-state index in [9.17, 15) is 0 Å². The monoisotopic (exact) mass is 299 g/mol. The van der Waals surface area contributed by atoms with Crippen LogP contribution >= 0.6 is 11.6 Å². The molecule has 0 unspecified atom stereocenters. The molecule has 0 amide bonds. The van der Waals surface area contributed by atoms with Gasteiger partial charge in [0.15, 0.2) is 0 Å². The largest absolute Gasteiger partial charge is 0.494 e. The average Bonchev–Trinajstić information content (AvgIpc) is 2.85. The Hall–Kier alpha value is -1.93. The van der Waals surface area contributed by atoms with Crippen molar-refractivity contribution in [2.75, 3.05) is 6.61 Å². The Morgan fingerprint density at radius 2 is 1.95 bits per heavy atom. The minimum atomic E-state index is 0.686. The number of aromatic nitrogens is 1. The van der Waals surface area contributed by atoms with E-state index >= 15 is 0 Å². The van der Waals surface area contributed by atoms with Crippen molar-refractivity contribution in [3.8, 4) is 5.75 Å². The van der Waals surface area contributed by atoms with Gasteiger partial charge in [-0.3, -0.25) is 0 Å². The molecule has 108 valence electrons. The summed E-state index contributed by atoms with van der Waals surface area (Å²) in [5.41, 5.74) is 3.51. The number of hydrogen-bond acceptors (Lipinski definition) is 1. The predicted molar refractivity (Wildman–Crippen MR) is 88.4 cm³/mol. The lowest BCUT2D eigenvalue weighted by Gasteiger charge is -2.09. The van der Waals surface area contributed by atoms with E-state index in [2.05, 4.69) is 48.0 Å². The summed E-state index contributed by atoms with van der Waals surface area (Å²) < 4.78 is 7.75. The molecule has 3 aromatic rings. The second kappa shape index (κ2) is 5.82. The van der Waals surface area contributed by atoms with Crippen LogP contribution in [0.1, 0.15) is 18.1 Å². The average molecular weight is 300 g/mol. The molecule has 0 aliphatic heterocycles. The topological polar surface area (TPSA) is 14.2 Å². The highest BCUT2D eigenvalue weighted by atomic mass is 35.5. The van der Waals surface area contributed by atoms with Crippen molar-refractivity contribution in [2.24, 2.45) is 0 Å². The molecule has 1 aromatic heterocycles. The van der Waals surface area contributed by atoms with E-state index in [1.54, 1.807) is 0 Å². The molecule has 0 bridgehead atoms. The molecule has 0 aliphatic rings. The van der Waals surface area contributed by atoms with Gasteiger partial charge in [-0.1, -0.05) is 23.7 Å². The van der Waals surface area contributed by atoms with Gasteiger partial charge in [0.05, 0.1) is 6.61 Å². The molecular weight excluding hydrogens is 282 g/mol. The van der Waals surface area contributed by atoms with E-state index in [1.807, 2.05) is 19.1 Å². The first kappa shape index (κ1) is 14.0. The van der Waals surface area contributed by atoms with Crippen LogP contribution in [0.5, 0.6) is 5.75 Å². The van der Waals surface area contributed by atoms with Gasteiger partial charge in [0.2, 0.25) is 0 Å². The smallest absolute Gasteiger partial charge is 0.120 e. The maximum absolute atomic E-state index is 6.33. The number of ether oxygens (including phenoxy) is 1. The van der Waals surface area contributed by atoms with Crippen LogP contribution in [-0.4, -0.2) is 11.2 Å². The standard InChI is InChI=1S/C18H18ClNO/c1-3-21-16-6-7-18-14(11-16)8-9-20(18)12-15-5-4-13(2)10-17(15)19/h4-11H,3,12H2,1-2H3. The Kier molecular flexibility index (Phi) is 3.89. The highest BCUT2D eigenvalue weighted by molar-refractivity contribution is 6.31. The van der Waals surface area contributed by atoms with E-state index in [4.69, 9.17) is 16.3 Å². The molecule has 0 atom stereocenters. The van der Waals surface area contributed by atoms with Crippen LogP contribution in [0, 0.1) is 6.92 Å². The Morgan fingerprint density at radius 1 is 1.10 bits per heavy atom. The fourth-order valence-electron chi connectivity index (χ4n) is 2.54. The summed E-state index contributed by atoms with van der Waals surface area (Å²) in [5.74, 6) is 0.913. The van der Waals surface area contributed by atoms with E-state index in [1.165, 1.54) is 16.5 Å². The van der Waals surface area contributed by atoms with E-state index in [-0.39, 0.29) is 0 Å². The second-order valence-electron chi connectivity index (χ2n) is 5.19. The van der Waals surface area contributed by atoms with Gasteiger partial charge in [-0.25, -0.2) is 0 Å². The van der Waals surface area contributed by atoms with Crippen molar-refractivity contribution >= 4 is 22.5 Å². The third-order valence-corrected chi connectivity index (χ3v) is 3.95. The molecule has 2 nitrogen and oxygen atoms in total. The minimum absolute atomic E-state index is 0.686. The summed E-state index contributed by atoms with van der Waals surface area (Å²) in [6, 6.07) is 14.5. The first-order chi connectivity index (χ1) is 10.2. The number of nitrogens with zero attached hydrogens (tertiary/aromatic N) is 1. The normalized spacial score (nSPS) is 11.0. The zero-order chi connectivity index (χ0) is 14.8. The highest BCUT2D eigenvalue weighted by Crippen LogP contribution is 2.25. The predicted octanol–water partition coefficient (Wildman–Crippen LogP) is 5.05. The summed E-state index contributed by atoms with van der Waals surface area (Å²) in [6.45, 7) is 5.51. The summed E-state index contributed by atoms with van der Waals surface area (Å²) in [7, 11) is 0. The highest BCUT2D eigenvalue weighted by Gasteiger charge is 2.06. The summed E-state index contributed by atoms with van der Waals surface area (Å²) in [5, 5.41) is 2.01. The number of rotatable bonds is 4. The lowest BCUT2D eigenvalue weighted by Crippen LogP contribution is -1.99. The van der Waals surface area contributed by atoms with Crippen molar-refractivity contribution in [3.05, 3.63) is 64.8 Å². The van der Waals surface area contributed by atoms with Crippen LogP contribution in [0.2, 0.25) is 5.02 Å². The molecule has 3 rings (SSSR count). The Bertz CT molecular complexity index is 776. The van der Waals surface area contributed by atoms with Gasteiger partial charge in [-0.2, -0.15) is 0 Å². The molecule has 0 aliphatic carbocycles. The van der Waals surface area contributed by atoms with Crippen LogP contribution < -0.4 is 4.74 Å². The van der Waals surface area contributed by atoms with Gasteiger partial charge in [0.25, 0.3) is 0 Å². The van der Waals surface area contributed by atoms with Gasteiger partial charge in [0.1, 0.15) is 5.75 Å². The molecule has 0 saturated heterocycles.